The van der Waals surface area contributed by atoms with Gasteiger partial charge < -0.3 is 20.0 Å². The monoisotopic (exact) mass is 428 g/mol. The molecule has 1 amide bonds. The number of carboxylic acid groups (broad SMARTS) is 1. The lowest BCUT2D eigenvalue weighted by Crippen LogP contribution is -2.55. The van der Waals surface area contributed by atoms with E-state index in [0.29, 0.717) is 13.0 Å². The summed E-state index contributed by atoms with van der Waals surface area (Å²) >= 11 is 0. The van der Waals surface area contributed by atoms with Crippen molar-refractivity contribution in [1.82, 2.24) is 14.9 Å². The van der Waals surface area contributed by atoms with E-state index in [1.807, 2.05) is 25.1 Å². The van der Waals surface area contributed by atoms with Crippen LogP contribution in [0.4, 0.5) is 5.69 Å². The summed E-state index contributed by atoms with van der Waals surface area (Å²) in [6, 6.07) is 5.80. The van der Waals surface area contributed by atoms with Gasteiger partial charge in [0.1, 0.15) is 5.52 Å². The summed E-state index contributed by atoms with van der Waals surface area (Å²) in [7, 11) is 1.67. The van der Waals surface area contributed by atoms with Crippen LogP contribution in [-0.4, -0.2) is 69.2 Å². The molecule has 0 bridgehead atoms. The Morgan fingerprint density at radius 1 is 1.26 bits per heavy atom. The second kappa shape index (κ2) is 8.78. The third kappa shape index (κ3) is 5.70. The smallest absolute Gasteiger partial charge is 0.303 e. The number of aliphatic hydroxyl groups is 1. The highest BCUT2D eigenvalue weighted by Gasteiger charge is 2.37. The van der Waals surface area contributed by atoms with Crippen molar-refractivity contribution >= 4 is 28.6 Å². The summed E-state index contributed by atoms with van der Waals surface area (Å²) in [6.07, 6.45) is 3.18. The molecule has 0 aromatic carbocycles. The third-order valence-electron chi connectivity index (χ3n) is 5.81. The highest BCUT2D eigenvalue weighted by Crippen LogP contribution is 2.31. The maximum Gasteiger partial charge on any atom is 0.303 e. The summed E-state index contributed by atoms with van der Waals surface area (Å²) in [5.41, 5.74) is 1.76. The summed E-state index contributed by atoms with van der Waals surface area (Å²) in [5, 5.41) is 20.4. The molecule has 3 heterocycles. The molecule has 1 saturated heterocycles. The number of hydrogen-bond acceptors (Lipinski definition) is 6. The Balaban J connectivity index is 1.73. The van der Waals surface area contributed by atoms with Gasteiger partial charge in [0.2, 0.25) is 5.91 Å². The Bertz CT molecular complexity index is 977. The number of likely N-dealkylation sites (N-methyl/N-ethyl adjacent to an activating group) is 1. The molecule has 1 unspecified atom stereocenters. The van der Waals surface area contributed by atoms with Gasteiger partial charge >= 0.3 is 5.97 Å². The maximum absolute atomic E-state index is 12.7. The average molecular weight is 429 g/mol. The maximum atomic E-state index is 12.7. The van der Waals surface area contributed by atoms with Crippen LogP contribution >= 0.6 is 0 Å². The van der Waals surface area contributed by atoms with Gasteiger partial charge in [0.05, 0.1) is 29.8 Å². The topological polar surface area (TPSA) is 107 Å². The highest BCUT2D eigenvalue weighted by atomic mass is 16.4. The predicted molar refractivity (Wildman–Crippen MR) is 119 cm³/mol. The van der Waals surface area contributed by atoms with Crippen LogP contribution in [0.1, 0.15) is 45.2 Å². The standard InChI is InChI=1S/C23H32N4O4/c1-16-6-7-17-21(25-16)18(8-10-24-17)27-11-5-9-23(31,15-27)14-26(4)19(28)12-22(2,3)13-20(29)30/h6-8,10,31H,5,9,11-15H2,1-4H3,(H,29,30). The molecule has 2 aromatic heterocycles. The molecule has 0 saturated carbocycles. The van der Waals surface area contributed by atoms with Crippen molar-refractivity contribution in [1.29, 1.82) is 0 Å². The molecule has 1 fully saturated rings. The second-order valence-electron chi connectivity index (χ2n) is 9.56. The number of carboxylic acids is 1. The minimum Gasteiger partial charge on any atom is -0.481 e. The number of β-amino-alcohol motifs (C(OH)–C–C–N with tert-alkyl or cyclic N) is 1. The van der Waals surface area contributed by atoms with Crippen LogP contribution in [0.2, 0.25) is 0 Å². The fourth-order valence-electron chi connectivity index (χ4n) is 4.36. The quantitative estimate of drug-likeness (QED) is 0.698. The summed E-state index contributed by atoms with van der Waals surface area (Å²) in [6.45, 7) is 6.86. The Labute approximate surface area is 182 Å². The Morgan fingerprint density at radius 2 is 2.00 bits per heavy atom. The van der Waals surface area contributed by atoms with Crippen molar-refractivity contribution in [3.63, 3.8) is 0 Å². The van der Waals surface area contributed by atoms with Crippen LogP contribution in [0.15, 0.2) is 24.4 Å². The number of fused-ring (bicyclic) bond motifs is 1. The van der Waals surface area contributed by atoms with Gasteiger partial charge in [-0.2, -0.15) is 0 Å². The van der Waals surface area contributed by atoms with Gasteiger partial charge in [-0.25, -0.2) is 4.98 Å². The van der Waals surface area contributed by atoms with E-state index in [9.17, 15) is 14.7 Å². The number of pyridine rings is 2. The lowest BCUT2D eigenvalue weighted by Gasteiger charge is -2.42. The summed E-state index contributed by atoms with van der Waals surface area (Å²) < 4.78 is 0. The number of piperidine rings is 1. The van der Waals surface area contributed by atoms with Gasteiger partial charge in [-0.3, -0.25) is 14.6 Å². The van der Waals surface area contributed by atoms with E-state index in [2.05, 4.69) is 14.9 Å². The van der Waals surface area contributed by atoms with E-state index in [4.69, 9.17) is 5.11 Å². The molecular formula is C23H32N4O4. The SMILES string of the molecule is Cc1ccc2nccc(N3CCCC(O)(CN(C)C(=O)CC(C)(C)CC(=O)O)C3)c2n1. The van der Waals surface area contributed by atoms with Gasteiger partial charge in [-0.15, -0.1) is 0 Å². The molecule has 1 aliphatic heterocycles. The number of carbonyl (C=O) groups is 2. The molecule has 2 N–H and O–H groups in total. The van der Waals surface area contributed by atoms with Crippen molar-refractivity contribution in [2.45, 2.75) is 52.1 Å². The number of nitrogens with zero attached hydrogens (tertiary/aromatic N) is 4. The van der Waals surface area contributed by atoms with E-state index < -0.39 is 17.0 Å². The molecule has 0 spiro atoms. The molecule has 2 aromatic rings. The van der Waals surface area contributed by atoms with Crippen LogP contribution in [0.25, 0.3) is 11.0 Å². The molecule has 8 heteroatoms. The molecule has 168 valence electrons. The first-order valence-corrected chi connectivity index (χ1v) is 10.6. The first kappa shape index (κ1) is 22.9. The Kier molecular flexibility index (Phi) is 6.50. The van der Waals surface area contributed by atoms with Crippen LogP contribution < -0.4 is 4.90 Å². The Hall–Kier alpha value is -2.74. The van der Waals surface area contributed by atoms with Crippen molar-refractivity contribution in [2.75, 3.05) is 31.6 Å². The number of hydrogen-bond donors (Lipinski definition) is 2. The van der Waals surface area contributed by atoms with Crippen LogP contribution in [-0.2, 0) is 9.59 Å². The lowest BCUT2D eigenvalue weighted by atomic mass is 9.85. The fraction of sp³-hybridized carbons (Fsp3) is 0.565. The zero-order chi connectivity index (χ0) is 22.8. The van der Waals surface area contributed by atoms with Gasteiger partial charge in [0.25, 0.3) is 0 Å². The normalized spacial score (nSPS) is 19.5. The van der Waals surface area contributed by atoms with Crippen molar-refractivity contribution in [3.05, 3.63) is 30.1 Å². The van der Waals surface area contributed by atoms with Gasteiger partial charge in [-0.1, -0.05) is 13.8 Å². The van der Waals surface area contributed by atoms with Crippen LogP contribution in [0.5, 0.6) is 0 Å². The average Bonchev–Trinajstić information content (AvgIpc) is 2.65. The molecular weight excluding hydrogens is 396 g/mol. The minimum absolute atomic E-state index is 0.0772. The van der Waals surface area contributed by atoms with E-state index in [1.54, 1.807) is 27.1 Å². The Morgan fingerprint density at radius 3 is 2.71 bits per heavy atom. The van der Waals surface area contributed by atoms with E-state index in [1.165, 1.54) is 4.90 Å². The first-order chi connectivity index (χ1) is 14.5. The van der Waals surface area contributed by atoms with Gasteiger partial charge in [0.15, 0.2) is 0 Å². The van der Waals surface area contributed by atoms with Gasteiger partial charge in [0, 0.05) is 38.4 Å². The van der Waals surface area contributed by atoms with E-state index >= 15 is 0 Å². The molecule has 0 radical (unpaired) electrons. The number of aromatic nitrogens is 2. The summed E-state index contributed by atoms with van der Waals surface area (Å²) in [5.74, 6) is -1.08. The molecule has 8 nitrogen and oxygen atoms in total. The van der Waals surface area contributed by atoms with Crippen molar-refractivity contribution < 1.29 is 19.8 Å². The summed E-state index contributed by atoms with van der Waals surface area (Å²) in [4.78, 5) is 36.4. The molecule has 3 rings (SSSR count). The third-order valence-corrected chi connectivity index (χ3v) is 5.81. The molecule has 0 aliphatic carbocycles. The number of rotatable bonds is 7. The fourth-order valence-corrected chi connectivity index (χ4v) is 4.36. The highest BCUT2D eigenvalue weighted by molar-refractivity contribution is 5.88. The number of carbonyl (C=O) groups excluding carboxylic acids is 1. The second-order valence-corrected chi connectivity index (χ2v) is 9.56. The molecule has 1 atom stereocenters. The van der Waals surface area contributed by atoms with Crippen LogP contribution in [0.3, 0.4) is 0 Å². The molecule has 31 heavy (non-hydrogen) atoms. The number of amides is 1. The van der Waals surface area contributed by atoms with E-state index in [-0.39, 0.29) is 25.3 Å². The number of aryl methyl sites for hydroxylation is 1. The molecule has 1 aliphatic rings. The first-order valence-electron chi connectivity index (χ1n) is 10.6. The lowest BCUT2D eigenvalue weighted by molar-refractivity contribution is -0.141. The number of anilines is 1. The van der Waals surface area contributed by atoms with E-state index in [0.717, 1.165) is 35.4 Å². The largest absolute Gasteiger partial charge is 0.481 e. The van der Waals surface area contributed by atoms with Crippen molar-refractivity contribution in [3.8, 4) is 0 Å². The van der Waals surface area contributed by atoms with Crippen molar-refractivity contribution in [2.24, 2.45) is 5.41 Å². The predicted octanol–water partition coefficient (Wildman–Crippen LogP) is 2.62. The zero-order valence-electron chi connectivity index (χ0n) is 18.8. The zero-order valence-corrected chi connectivity index (χ0v) is 18.8. The number of aliphatic carboxylic acids is 1. The minimum atomic E-state index is -1.06. The van der Waals surface area contributed by atoms with Crippen LogP contribution in [0, 0.1) is 12.3 Å². The van der Waals surface area contributed by atoms with Gasteiger partial charge in [-0.05, 0) is 43.4 Å².